The number of nitrogens with zero attached hydrogens (tertiary/aromatic N) is 1. The molecule has 1 aliphatic carbocycles. The van der Waals surface area contributed by atoms with Crippen LogP contribution in [0.1, 0.15) is 49.7 Å². The van der Waals surface area contributed by atoms with E-state index in [1.807, 2.05) is 12.1 Å². The first-order valence-electron chi connectivity index (χ1n) is 11.9. The zero-order valence-electron chi connectivity index (χ0n) is 21.0. The molecule has 0 spiro atoms. The molecule has 0 aliphatic heterocycles. The molecule has 0 unspecified atom stereocenters. The molecule has 1 N–H and O–H groups in total. The molecule has 8 nitrogen and oxygen atoms in total. The van der Waals surface area contributed by atoms with Gasteiger partial charge < -0.3 is 19.1 Å². The molecule has 1 amide bonds. The van der Waals surface area contributed by atoms with E-state index in [1.54, 1.807) is 57.5 Å². The number of methoxy groups -OCH3 is 3. The van der Waals surface area contributed by atoms with Crippen LogP contribution in [0.5, 0.6) is 17.2 Å². The lowest BCUT2D eigenvalue weighted by Crippen LogP contribution is -2.36. The van der Waals surface area contributed by atoms with Crippen LogP contribution in [-0.4, -0.2) is 53.6 Å². The second-order valence-electron chi connectivity index (χ2n) is 8.88. The third kappa shape index (κ3) is 7.11. The van der Waals surface area contributed by atoms with Gasteiger partial charge in [-0.05, 0) is 54.7 Å². The fraction of sp³-hybridized carbons (Fsp3) is 0.500. The molecule has 0 radical (unpaired) electrons. The molecule has 3 rings (SSSR count). The van der Waals surface area contributed by atoms with E-state index in [2.05, 4.69) is 4.72 Å². The van der Waals surface area contributed by atoms with Crippen molar-refractivity contribution in [1.29, 1.82) is 0 Å². The first-order chi connectivity index (χ1) is 16.8. The third-order valence-electron chi connectivity index (χ3n) is 6.36. The Hall–Kier alpha value is -2.78. The summed E-state index contributed by atoms with van der Waals surface area (Å²) in [4.78, 5) is 14.6. The normalized spacial score (nSPS) is 14.4. The molecule has 9 heteroatoms. The number of hydrogen-bond donors (Lipinski definition) is 1. The third-order valence-corrected chi connectivity index (χ3v) is 7.89. The minimum Gasteiger partial charge on any atom is -0.493 e. The molecule has 2 aromatic rings. The minimum absolute atomic E-state index is 0.0191. The van der Waals surface area contributed by atoms with Crippen LogP contribution >= 0.6 is 0 Å². The van der Waals surface area contributed by atoms with Crippen LogP contribution in [0.2, 0.25) is 0 Å². The number of nitrogens with one attached hydrogen (secondary N) is 1. The Kier molecular flexibility index (Phi) is 9.40. The predicted molar refractivity (Wildman–Crippen MR) is 135 cm³/mol. The summed E-state index contributed by atoms with van der Waals surface area (Å²) in [5.74, 6) is 1.56. The van der Waals surface area contributed by atoms with E-state index in [9.17, 15) is 13.2 Å². The van der Waals surface area contributed by atoms with Crippen molar-refractivity contribution in [2.24, 2.45) is 0 Å². The van der Waals surface area contributed by atoms with E-state index in [0.29, 0.717) is 36.6 Å². The SMILES string of the molecule is COc1cc(CN(C)C(=O)CCc2ccc(S(=O)(=O)NC3CCCCC3)cc2)cc(OC)c1OC. The Morgan fingerprint density at radius 3 is 2.09 bits per heavy atom. The van der Waals surface area contributed by atoms with Gasteiger partial charge in [0.05, 0.1) is 26.2 Å². The smallest absolute Gasteiger partial charge is 0.240 e. The van der Waals surface area contributed by atoms with E-state index in [0.717, 1.165) is 36.8 Å². The van der Waals surface area contributed by atoms with E-state index in [4.69, 9.17) is 14.2 Å². The van der Waals surface area contributed by atoms with Crippen molar-refractivity contribution in [3.8, 4) is 17.2 Å². The molecule has 1 fully saturated rings. The van der Waals surface area contributed by atoms with Crippen molar-refractivity contribution in [2.45, 2.75) is 62.4 Å². The number of hydrogen-bond acceptors (Lipinski definition) is 6. The highest BCUT2D eigenvalue weighted by Crippen LogP contribution is 2.38. The molecular formula is C26H36N2O6S. The maximum absolute atomic E-state index is 12.7. The minimum atomic E-state index is -3.53. The van der Waals surface area contributed by atoms with Crippen molar-refractivity contribution in [2.75, 3.05) is 28.4 Å². The lowest BCUT2D eigenvalue weighted by atomic mass is 9.96. The van der Waals surface area contributed by atoms with Gasteiger partial charge in [0.1, 0.15) is 0 Å². The Labute approximate surface area is 208 Å². The summed E-state index contributed by atoms with van der Waals surface area (Å²) in [6, 6.07) is 10.5. The van der Waals surface area contributed by atoms with Gasteiger partial charge in [-0.1, -0.05) is 31.4 Å². The number of rotatable bonds is 11. The molecule has 0 saturated heterocycles. The van der Waals surface area contributed by atoms with E-state index < -0.39 is 10.0 Å². The summed E-state index contributed by atoms with van der Waals surface area (Å²) >= 11 is 0. The Bertz CT molecular complexity index is 1070. The summed E-state index contributed by atoms with van der Waals surface area (Å²) in [7, 11) is 2.88. The largest absolute Gasteiger partial charge is 0.493 e. The molecule has 0 bridgehead atoms. The zero-order valence-corrected chi connectivity index (χ0v) is 21.8. The van der Waals surface area contributed by atoms with Crippen LogP contribution in [0.25, 0.3) is 0 Å². The van der Waals surface area contributed by atoms with Gasteiger partial charge in [-0.25, -0.2) is 13.1 Å². The summed E-state index contributed by atoms with van der Waals surface area (Å²) in [6.45, 7) is 0.388. The summed E-state index contributed by atoms with van der Waals surface area (Å²) < 4.78 is 44.3. The van der Waals surface area contributed by atoms with Crippen LogP contribution in [0.3, 0.4) is 0 Å². The molecule has 2 aromatic carbocycles. The van der Waals surface area contributed by atoms with Gasteiger partial charge in [0.2, 0.25) is 21.7 Å². The number of carbonyl (C=O) groups excluding carboxylic acids is 1. The molecule has 192 valence electrons. The Balaban J connectivity index is 1.56. The molecule has 1 aliphatic rings. The molecule has 0 aromatic heterocycles. The van der Waals surface area contributed by atoms with Crippen LogP contribution in [0, 0.1) is 0 Å². The molecule has 35 heavy (non-hydrogen) atoms. The van der Waals surface area contributed by atoms with Crippen LogP contribution in [0.4, 0.5) is 0 Å². The van der Waals surface area contributed by atoms with E-state index in [1.165, 1.54) is 6.42 Å². The number of aryl methyl sites for hydroxylation is 1. The number of amides is 1. The fourth-order valence-electron chi connectivity index (χ4n) is 4.37. The van der Waals surface area contributed by atoms with Gasteiger partial charge in [-0.15, -0.1) is 0 Å². The van der Waals surface area contributed by atoms with Gasteiger partial charge >= 0.3 is 0 Å². The van der Waals surface area contributed by atoms with Gasteiger partial charge in [0.25, 0.3) is 0 Å². The predicted octanol–water partition coefficient (Wildman–Crippen LogP) is 3.91. The van der Waals surface area contributed by atoms with Gasteiger partial charge in [0, 0.05) is 26.1 Å². The highest BCUT2D eigenvalue weighted by atomic mass is 32.2. The van der Waals surface area contributed by atoms with Crippen molar-refractivity contribution in [3.05, 3.63) is 47.5 Å². The topological polar surface area (TPSA) is 94.2 Å². The van der Waals surface area contributed by atoms with Crippen LogP contribution in [-0.2, 0) is 27.8 Å². The second kappa shape index (κ2) is 12.3. The number of benzene rings is 2. The van der Waals surface area contributed by atoms with Gasteiger partial charge in [-0.3, -0.25) is 4.79 Å². The average Bonchev–Trinajstić information content (AvgIpc) is 2.87. The standard InChI is InChI=1S/C26H36N2O6S/c1-28(18-20-16-23(32-2)26(34-4)24(17-20)33-3)25(29)15-12-19-10-13-22(14-11-19)35(30,31)27-21-8-6-5-7-9-21/h10-11,13-14,16-17,21,27H,5-9,12,15,18H2,1-4H3. The van der Waals surface area contributed by atoms with Crippen molar-refractivity contribution < 1.29 is 27.4 Å². The molecule has 1 saturated carbocycles. The molecule has 0 atom stereocenters. The average molecular weight is 505 g/mol. The van der Waals surface area contributed by atoms with E-state index >= 15 is 0 Å². The lowest BCUT2D eigenvalue weighted by molar-refractivity contribution is -0.130. The summed E-state index contributed by atoms with van der Waals surface area (Å²) in [5, 5.41) is 0. The second-order valence-corrected chi connectivity index (χ2v) is 10.6. The van der Waals surface area contributed by atoms with Crippen molar-refractivity contribution in [3.63, 3.8) is 0 Å². The number of sulfonamides is 1. The fourth-order valence-corrected chi connectivity index (χ4v) is 5.68. The maximum Gasteiger partial charge on any atom is 0.240 e. The van der Waals surface area contributed by atoms with Crippen molar-refractivity contribution >= 4 is 15.9 Å². The first-order valence-corrected chi connectivity index (χ1v) is 13.4. The van der Waals surface area contributed by atoms with E-state index in [-0.39, 0.29) is 16.8 Å². The zero-order chi connectivity index (χ0) is 25.4. The molecule has 0 heterocycles. The monoisotopic (exact) mass is 504 g/mol. The Morgan fingerprint density at radius 2 is 1.54 bits per heavy atom. The number of carbonyl (C=O) groups is 1. The maximum atomic E-state index is 12.7. The molecular weight excluding hydrogens is 468 g/mol. The highest BCUT2D eigenvalue weighted by molar-refractivity contribution is 7.89. The highest BCUT2D eigenvalue weighted by Gasteiger charge is 2.22. The van der Waals surface area contributed by atoms with Gasteiger partial charge in [-0.2, -0.15) is 0 Å². The Morgan fingerprint density at radius 1 is 0.943 bits per heavy atom. The lowest BCUT2D eigenvalue weighted by Gasteiger charge is -2.22. The van der Waals surface area contributed by atoms with Gasteiger partial charge in [0.15, 0.2) is 11.5 Å². The van der Waals surface area contributed by atoms with Crippen LogP contribution in [0.15, 0.2) is 41.3 Å². The summed E-state index contributed by atoms with van der Waals surface area (Å²) in [5.41, 5.74) is 1.77. The first kappa shape index (κ1) is 26.8. The van der Waals surface area contributed by atoms with Crippen molar-refractivity contribution in [1.82, 2.24) is 9.62 Å². The quantitative estimate of drug-likeness (QED) is 0.499. The summed E-state index contributed by atoms with van der Waals surface area (Å²) in [6.07, 6.45) is 5.92. The number of ether oxygens (including phenoxy) is 3. The van der Waals surface area contributed by atoms with Crippen LogP contribution < -0.4 is 18.9 Å².